The van der Waals surface area contributed by atoms with Gasteiger partial charge in [0.2, 0.25) is 0 Å². The van der Waals surface area contributed by atoms with E-state index < -0.39 is 6.29 Å². The van der Waals surface area contributed by atoms with Crippen molar-refractivity contribution < 1.29 is 13.9 Å². The predicted molar refractivity (Wildman–Crippen MR) is 108 cm³/mol. The molecular weight excluding hydrogens is 339 g/mol. The van der Waals surface area contributed by atoms with E-state index >= 15 is 0 Å². The summed E-state index contributed by atoms with van der Waals surface area (Å²) >= 11 is 0. The van der Waals surface area contributed by atoms with Crippen LogP contribution in [-0.4, -0.2) is 13.2 Å². The van der Waals surface area contributed by atoms with Crippen molar-refractivity contribution >= 4 is 0 Å². The van der Waals surface area contributed by atoms with E-state index in [1.807, 2.05) is 12.1 Å². The van der Waals surface area contributed by atoms with Gasteiger partial charge in [0, 0.05) is 11.5 Å². The molecule has 0 atom stereocenters. The molecule has 1 aromatic carbocycles. The maximum absolute atomic E-state index is 14.4. The Labute approximate surface area is 164 Å². The van der Waals surface area contributed by atoms with Crippen molar-refractivity contribution in [1.82, 2.24) is 0 Å². The number of unbranched alkanes of at least 4 members (excludes halogenated alkanes) is 2. The van der Waals surface area contributed by atoms with Gasteiger partial charge in [0.05, 0.1) is 13.2 Å². The molecule has 0 unspecified atom stereocenters. The lowest BCUT2D eigenvalue weighted by molar-refractivity contribution is -0.215. The van der Waals surface area contributed by atoms with E-state index in [-0.39, 0.29) is 5.82 Å². The lowest BCUT2D eigenvalue weighted by atomic mass is 9.74. The van der Waals surface area contributed by atoms with E-state index in [4.69, 9.17) is 9.47 Å². The number of hydrogen-bond donors (Lipinski definition) is 0. The normalized spacial score (nSPS) is 29.0. The number of hydrogen-bond acceptors (Lipinski definition) is 2. The molecule has 2 fully saturated rings. The van der Waals surface area contributed by atoms with E-state index in [0.29, 0.717) is 30.6 Å². The van der Waals surface area contributed by atoms with Crippen LogP contribution in [0.2, 0.25) is 0 Å². The average molecular weight is 377 g/mol. The fourth-order valence-electron chi connectivity index (χ4n) is 4.81. The first-order valence-electron chi connectivity index (χ1n) is 11.2. The van der Waals surface area contributed by atoms with Crippen molar-refractivity contribution in [2.24, 2.45) is 17.8 Å². The summed E-state index contributed by atoms with van der Waals surface area (Å²) in [6.45, 7) is 5.79. The minimum atomic E-state index is -0.540. The smallest absolute Gasteiger partial charge is 0.186 e. The second kappa shape index (κ2) is 10.6. The van der Waals surface area contributed by atoms with Crippen molar-refractivity contribution in [3.8, 4) is 0 Å². The zero-order chi connectivity index (χ0) is 19.1. The molecule has 0 spiro atoms. The monoisotopic (exact) mass is 376 g/mol. The van der Waals surface area contributed by atoms with Crippen LogP contribution >= 0.6 is 0 Å². The number of halogens is 1. The Bertz CT molecular complexity index is 557. The minimum Gasteiger partial charge on any atom is -0.348 e. The molecule has 0 N–H and O–H groups in total. The standard InChI is InChI=1S/C24H37FO2/c1-3-5-6-8-18-9-12-20(13-10-18)21-16-26-24(27-17-21)22-14-11-19(7-4-2)15-23(22)25/h11,14-15,18,20-21,24H,3-10,12-13,16-17H2,1-2H3. The van der Waals surface area contributed by atoms with Crippen LogP contribution in [0.3, 0.4) is 0 Å². The minimum absolute atomic E-state index is 0.197. The molecule has 3 rings (SSSR count). The molecule has 1 aromatic rings. The van der Waals surface area contributed by atoms with Crippen LogP contribution in [-0.2, 0) is 15.9 Å². The van der Waals surface area contributed by atoms with Gasteiger partial charge < -0.3 is 9.47 Å². The van der Waals surface area contributed by atoms with E-state index in [9.17, 15) is 4.39 Å². The Balaban J connectivity index is 1.44. The number of benzene rings is 1. The van der Waals surface area contributed by atoms with E-state index in [1.54, 1.807) is 6.07 Å². The molecule has 0 aromatic heterocycles. The van der Waals surface area contributed by atoms with Crippen LogP contribution in [0.4, 0.5) is 4.39 Å². The first-order valence-corrected chi connectivity index (χ1v) is 11.2. The molecule has 0 radical (unpaired) electrons. The Hall–Kier alpha value is -0.930. The first-order chi connectivity index (χ1) is 13.2. The third-order valence-corrected chi connectivity index (χ3v) is 6.55. The predicted octanol–water partition coefficient (Wildman–Crippen LogP) is 6.83. The second-order valence-electron chi connectivity index (χ2n) is 8.64. The molecule has 1 heterocycles. The van der Waals surface area contributed by atoms with Crippen LogP contribution in [0.5, 0.6) is 0 Å². The number of ether oxygens (including phenoxy) is 2. The van der Waals surface area contributed by atoms with Crippen LogP contribution < -0.4 is 0 Å². The molecule has 0 bridgehead atoms. The largest absolute Gasteiger partial charge is 0.348 e. The maximum atomic E-state index is 14.4. The molecule has 27 heavy (non-hydrogen) atoms. The molecule has 2 nitrogen and oxygen atoms in total. The molecule has 152 valence electrons. The highest BCUT2D eigenvalue weighted by Crippen LogP contribution is 2.39. The Morgan fingerprint density at radius 1 is 0.926 bits per heavy atom. The summed E-state index contributed by atoms with van der Waals surface area (Å²) in [5.74, 6) is 1.92. The highest BCUT2D eigenvalue weighted by molar-refractivity contribution is 5.25. The van der Waals surface area contributed by atoms with Crippen LogP contribution in [0, 0.1) is 23.6 Å². The van der Waals surface area contributed by atoms with Gasteiger partial charge in [-0.15, -0.1) is 0 Å². The van der Waals surface area contributed by atoms with Crippen molar-refractivity contribution in [3.63, 3.8) is 0 Å². The van der Waals surface area contributed by atoms with E-state index in [2.05, 4.69) is 13.8 Å². The van der Waals surface area contributed by atoms with Gasteiger partial charge in [-0.25, -0.2) is 4.39 Å². The van der Waals surface area contributed by atoms with Crippen molar-refractivity contribution in [1.29, 1.82) is 0 Å². The summed E-state index contributed by atoms with van der Waals surface area (Å²) in [6.07, 6.45) is 12.2. The molecule has 2 aliphatic rings. The average Bonchev–Trinajstić information content (AvgIpc) is 2.69. The highest BCUT2D eigenvalue weighted by atomic mass is 19.1. The highest BCUT2D eigenvalue weighted by Gasteiger charge is 2.33. The van der Waals surface area contributed by atoms with Gasteiger partial charge in [-0.3, -0.25) is 0 Å². The summed E-state index contributed by atoms with van der Waals surface area (Å²) in [5.41, 5.74) is 1.59. The lowest BCUT2D eigenvalue weighted by Gasteiger charge is -2.38. The van der Waals surface area contributed by atoms with E-state index in [0.717, 1.165) is 24.3 Å². The summed E-state index contributed by atoms with van der Waals surface area (Å²) in [7, 11) is 0. The van der Waals surface area contributed by atoms with Gasteiger partial charge in [-0.05, 0) is 42.7 Å². The molecule has 1 aliphatic carbocycles. The SMILES string of the molecule is CCCCCC1CCC(C2COC(c3ccc(CCC)cc3F)OC2)CC1. The van der Waals surface area contributed by atoms with Crippen LogP contribution in [0.15, 0.2) is 18.2 Å². The van der Waals surface area contributed by atoms with Gasteiger partial charge in [-0.2, -0.15) is 0 Å². The van der Waals surface area contributed by atoms with Gasteiger partial charge in [0.15, 0.2) is 6.29 Å². The molecule has 1 aliphatic heterocycles. The summed E-state index contributed by atoms with van der Waals surface area (Å²) in [4.78, 5) is 0. The third kappa shape index (κ3) is 5.77. The van der Waals surface area contributed by atoms with Crippen molar-refractivity contribution in [2.45, 2.75) is 84.3 Å². The molecule has 1 saturated carbocycles. The van der Waals surface area contributed by atoms with Gasteiger partial charge in [0.1, 0.15) is 5.82 Å². The van der Waals surface area contributed by atoms with Gasteiger partial charge >= 0.3 is 0 Å². The third-order valence-electron chi connectivity index (χ3n) is 6.55. The molecule has 3 heteroatoms. The quantitative estimate of drug-likeness (QED) is 0.463. The van der Waals surface area contributed by atoms with E-state index in [1.165, 1.54) is 51.4 Å². The molecule has 1 saturated heterocycles. The number of rotatable bonds is 8. The van der Waals surface area contributed by atoms with Crippen LogP contribution in [0.25, 0.3) is 0 Å². The Morgan fingerprint density at radius 3 is 2.30 bits per heavy atom. The molecular formula is C24H37FO2. The Morgan fingerprint density at radius 2 is 1.67 bits per heavy atom. The lowest BCUT2D eigenvalue weighted by Crippen LogP contribution is -2.34. The zero-order valence-electron chi connectivity index (χ0n) is 17.2. The summed E-state index contributed by atoms with van der Waals surface area (Å²) in [5, 5.41) is 0. The maximum Gasteiger partial charge on any atom is 0.186 e. The zero-order valence-corrected chi connectivity index (χ0v) is 17.2. The summed E-state index contributed by atoms with van der Waals surface area (Å²) < 4.78 is 26.3. The second-order valence-corrected chi connectivity index (χ2v) is 8.64. The van der Waals surface area contributed by atoms with Gasteiger partial charge in [-0.1, -0.05) is 70.9 Å². The fraction of sp³-hybridized carbons (Fsp3) is 0.750. The number of aryl methyl sites for hydroxylation is 1. The van der Waals surface area contributed by atoms with Crippen molar-refractivity contribution in [3.05, 3.63) is 35.1 Å². The van der Waals surface area contributed by atoms with Crippen LogP contribution in [0.1, 0.15) is 89.1 Å². The first kappa shape index (κ1) is 20.8. The van der Waals surface area contributed by atoms with Crippen molar-refractivity contribution in [2.75, 3.05) is 13.2 Å². The Kier molecular flexibility index (Phi) is 8.14. The fourth-order valence-corrected chi connectivity index (χ4v) is 4.81. The topological polar surface area (TPSA) is 18.5 Å². The summed E-state index contributed by atoms with van der Waals surface area (Å²) in [6, 6.07) is 5.48. The molecule has 0 amide bonds. The van der Waals surface area contributed by atoms with Gasteiger partial charge in [0.25, 0.3) is 0 Å².